The molecule has 12 heteroatoms. The van der Waals surface area contributed by atoms with Gasteiger partial charge in [0.05, 0.1) is 25.7 Å². The van der Waals surface area contributed by atoms with Crippen LogP contribution in [0.3, 0.4) is 0 Å². The van der Waals surface area contributed by atoms with Gasteiger partial charge in [0, 0.05) is 40.0 Å². The van der Waals surface area contributed by atoms with E-state index in [1.807, 2.05) is 0 Å². The molecule has 32 heavy (non-hydrogen) atoms. The molecule has 0 aliphatic heterocycles. The van der Waals surface area contributed by atoms with Gasteiger partial charge in [0.25, 0.3) is 0 Å². The zero-order valence-electron chi connectivity index (χ0n) is 19.2. The van der Waals surface area contributed by atoms with Crippen molar-refractivity contribution in [2.45, 2.75) is 52.4 Å². The fourth-order valence-electron chi connectivity index (χ4n) is 2.16. The molecule has 0 bridgehead atoms. The van der Waals surface area contributed by atoms with E-state index in [1.165, 1.54) is 14.1 Å². The summed E-state index contributed by atoms with van der Waals surface area (Å²) < 4.78 is 9.88. The van der Waals surface area contributed by atoms with E-state index in [4.69, 9.17) is 9.47 Å². The van der Waals surface area contributed by atoms with E-state index in [0.29, 0.717) is 12.8 Å². The van der Waals surface area contributed by atoms with Gasteiger partial charge in [-0.05, 0) is 0 Å². The van der Waals surface area contributed by atoms with Crippen LogP contribution in [-0.4, -0.2) is 86.0 Å². The van der Waals surface area contributed by atoms with Crippen LogP contribution < -0.4 is 10.6 Å². The zero-order chi connectivity index (χ0) is 24.5. The van der Waals surface area contributed by atoms with Gasteiger partial charge < -0.3 is 20.1 Å². The average Bonchev–Trinajstić information content (AvgIpc) is 2.77. The van der Waals surface area contributed by atoms with Crippen molar-refractivity contribution in [1.82, 2.24) is 20.7 Å². The smallest absolute Gasteiger partial charge is 0.307 e. The maximum atomic E-state index is 12.2. The van der Waals surface area contributed by atoms with Crippen LogP contribution in [-0.2, 0) is 38.2 Å². The monoisotopic (exact) mass is 458 g/mol. The summed E-state index contributed by atoms with van der Waals surface area (Å²) in [6, 6.07) is 0. The Bertz CT molecular complexity index is 612. The third-order valence-electron chi connectivity index (χ3n) is 4.27. The number of ether oxygens (including phenoxy) is 2. The predicted molar refractivity (Wildman–Crippen MR) is 113 cm³/mol. The van der Waals surface area contributed by atoms with Crippen LogP contribution in [0.1, 0.15) is 52.4 Å². The first kappa shape index (κ1) is 28.8. The van der Waals surface area contributed by atoms with Gasteiger partial charge in [-0.1, -0.05) is 13.8 Å². The molecule has 0 atom stereocenters. The molecule has 0 aromatic carbocycles. The van der Waals surface area contributed by atoms with Crippen molar-refractivity contribution in [1.29, 1.82) is 0 Å². The van der Waals surface area contributed by atoms with E-state index in [0.717, 1.165) is 10.0 Å². The second-order valence-corrected chi connectivity index (χ2v) is 6.68. The minimum absolute atomic E-state index is 0.00213. The van der Waals surface area contributed by atoms with E-state index in [2.05, 4.69) is 10.6 Å². The highest BCUT2D eigenvalue weighted by atomic mass is 16.5. The summed E-state index contributed by atoms with van der Waals surface area (Å²) >= 11 is 0. The number of carbonyl (C=O) groups is 6. The molecule has 0 aromatic heterocycles. The normalized spacial score (nSPS) is 10.0. The molecule has 0 unspecified atom stereocenters. The Balaban J connectivity index is 4.08. The second-order valence-electron chi connectivity index (χ2n) is 6.68. The largest absolute Gasteiger partial charge is 0.465 e. The molecule has 4 amide bonds. The Kier molecular flexibility index (Phi) is 14.9. The third kappa shape index (κ3) is 13.2. The fraction of sp³-hybridized carbons (Fsp3) is 0.700. The van der Waals surface area contributed by atoms with E-state index >= 15 is 0 Å². The summed E-state index contributed by atoms with van der Waals surface area (Å²) in [5.74, 6) is -2.32. The molecule has 0 radical (unpaired) electrons. The number of esters is 2. The Labute approximate surface area is 187 Å². The average molecular weight is 459 g/mol. The molecule has 182 valence electrons. The number of hydrazine groups is 1. The van der Waals surface area contributed by atoms with Crippen LogP contribution in [0.25, 0.3) is 0 Å². The number of amides is 4. The summed E-state index contributed by atoms with van der Waals surface area (Å²) in [7, 11) is 2.79. The Morgan fingerprint density at radius 1 is 0.625 bits per heavy atom. The van der Waals surface area contributed by atoms with Gasteiger partial charge in [-0.2, -0.15) is 0 Å². The van der Waals surface area contributed by atoms with Gasteiger partial charge in [-0.15, -0.1) is 0 Å². The van der Waals surface area contributed by atoms with Crippen LogP contribution in [0.2, 0.25) is 0 Å². The van der Waals surface area contributed by atoms with Gasteiger partial charge in [-0.3, -0.25) is 38.8 Å². The Hall–Kier alpha value is -3.18. The van der Waals surface area contributed by atoms with Crippen LogP contribution in [0.15, 0.2) is 0 Å². The summed E-state index contributed by atoms with van der Waals surface area (Å²) in [6.07, 6.45) is 0.390. The minimum Gasteiger partial charge on any atom is -0.465 e. The summed E-state index contributed by atoms with van der Waals surface area (Å²) in [4.78, 5) is 69.6. The third-order valence-corrected chi connectivity index (χ3v) is 4.27. The Morgan fingerprint density at radius 3 is 1.28 bits per heavy atom. The van der Waals surface area contributed by atoms with Crippen molar-refractivity contribution in [3.8, 4) is 0 Å². The van der Waals surface area contributed by atoms with Crippen LogP contribution in [0.5, 0.6) is 0 Å². The highest BCUT2D eigenvalue weighted by Gasteiger charge is 2.19. The van der Waals surface area contributed by atoms with Crippen molar-refractivity contribution in [3.63, 3.8) is 0 Å². The lowest BCUT2D eigenvalue weighted by atomic mass is 10.3. The van der Waals surface area contributed by atoms with E-state index in [-0.39, 0.29) is 63.8 Å². The van der Waals surface area contributed by atoms with Gasteiger partial charge in [-0.25, -0.2) is 0 Å². The van der Waals surface area contributed by atoms with E-state index in [9.17, 15) is 28.8 Å². The van der Waals surface area contributed by atoms with E-state index in [1.54, 1.807) is 13.8 Å². The SMILES string of the molecule is CCC(=O)NCCC(=O)OCCC(=O)N(C)N(C)C(=O)CCOC(=O)CCNC(=O)CC. The first-order valence-electron chi connectivity index (χ1n) is 10.5. The lowest BCUT2D eigenvalue weighted by Crippen LogP contribution is -2.45. The maximum Gasteiger partial charge on any atom is 0.307 e. The molecule has 0 saturated carbocycles. The van der Waals surface area contributed by atoms with Crippen LogP contribution in [0, 0.1) is 0 Å². The molecule has 0 aliphatic carbocycles. The quantitative estimate of drug-likeness (QED) is 0.262. The topological polar surface area (TPSA) is 151 Å². The van der Waals surface area contributed by atoms with Crippen molar-refractivity contribution in [2.24, 2.45) is 0 Å². The highest BCUT2D eigenvalue weighted by molar-refractivity contribution is 5.82. The molecule has 0 spiro atoms. The molecule has 0 saturated heterocycles. The molecular weight excluding hydrogens is 424 g/mol. The van der Waals surface area contributed by atoms with Crippen molar-refractivity contribution in [3.05, 3.63) is 0 Å². The predicted octanol–water partition coefficient (Wildman–Crippen LogP) is -0.483. The molecule has 0 rings (SSSR count). The zero-order valence-corrected chi connectivity index (χ0v) is 19.2. The number of rotatable bonds is 14. The molecule has 0 aliphatic rings. The van der Waals surface area contributed by atoms with Crippen molar-refractivity contribution < 1.29 is 38.2 Å². The van der Waals surface area contributed by atoms with Gasteiger partial charge in [0.15, 0.2) is 0 Å². The van der Waals surface area contributed by atoms with Gasteiger partial charge in [0.2, 0.25) is 23.6 Å². The summed E-state index contributed by atoms with van der Waals surface area (Å²) in [5, 5.41) is 7.25. The first-order valence-corrected chi connectivity index (χ1v) is 10.5. The lowest BCUT2D eigenvalue weighted by molar-refractivity contribution is -0.161. The maximum absolute atomic E-state index is 12.2. The molecule has 2 N–H and O–H groups in total. The number of hydrogen-bond donors (Lipinski definition) is 2. The number of hydrogen-bond acceptors (Lipinski definition) is 8. The highest BCUT2D eigenvalue weighted by Crippen LogP contribution is 2.01. The summed E-state index contributed by atoms with van der Waals surface area (Å²) in [6.45, 7) is 3.40. The van der Waals surface area contributed by atoms with Crippen molar-refractivity contribution >= 4 is 35.6 Å². The Morgan fingerprint density at radius 2 is 0.969 bits per heavy atom. The number of nitrogens with one attached hydrogen (secondary N) is 2. The second kappa shape index (κ2) is 16.5. The minimum atomic E-state index is -0.544. The number of nitrogens with zero attached hydrogens (tertiary/aromatic N) is 2. The molecule has 0 fully saturated rings. The van der Waals surface area contributed by atoms with Crippen LogP contribution in [0.4, 0.5) is 0 Å². The molecular formula is C20H34N4O8. The molecule has 0 heterocycles. The van der Waals surface area contributed by atoms with E-state index < -0.39 is 23.8 Å². The van der Waals surface area contributed by atoms with Crippen LogP contribution >= 0.6 is 0 Å². The van der Waals surface area contributed by atoms with Gasteiger partial charge >= 0.3 is 11.9 Å². The van der Waals surface area contributed by atoms with Gasteiger partial charge in [0.1, 0.15) is 13.2 Å². The fourth-order valence-corrected chi connectivity index (χ4v) is 2.16. The van der Waals surface area contributed by atoms with Crippen molar-refractivity contribution in [2.75, 3.05) is 40.4 Å². The summed E-state index contributed by atoms with van der Waals surface area (Å²) in [5.41, 5.74) is 0. The first-order chi connectivity index (χ1) is 15.1. The standard InChI is InChI=1S/C20H34N4O8/c1-5-15(25)21-11-7-19(29)31-13-9-17(27)23(3)24(4)18(28)10-14-32-20(30)8-12-22-16(26)6-2/h5-14H2,1-4H3,(H,21,25)(H,22,26). The number of carbonyl (C=O) groups excluding carboxylic acids is 6. The molecule has 0 aromatic rings. The lowest BCUT2D eigenvalue weighted by Gasteiger charge is -2.28. The molecule has 12 nitrogen and oxygen atoms in total.